The zero-order valence-electron chi connectivity index (χ0n) is 9.55. The van der Waals surface area contributed by atoms with Crippen LogP contribution in [-0.4, -0.2) is 16.8 Å². The molecule has 2 aromatic rings. The van der Waals surface area contributed by atoms with Crippen LogP contribution < -0.4 is 16.2 Å². The third kappa shape index (κ3) is 2.94. The van der Waals surface area contributed by atoms with Crippen LogP contribution in [0, 0.1) is 0 Å². The van der Waals surface area contributed by atoms with E-state index in [2.05, 4.69) is 25.2 Å². The summed E-state index contributed by atoms with van der Waals surface area (Å²) >= 11 is 0. The smallest absolute Gasteiger partial charge is 0.387 e. The zero-order chi connectivity index (χ0) is 13.8. The number of anilines is 2. The monoisotopic (exact) mass is 268 g/mol. The van der Waals surface area contributed by atoms with Gasteiger partial charge >= 0.3 is 6.61 Å². The van der Waals surface area contributed by atoms with E-state index >= 15 is 0 Å². The number of halogens is 2. The van der Waals surface area contributed by atoms with E-state index in [4.69, 9.17) is 11.5 Å². The Morgan fingerprint density at radius 1 is 1.21 bits per heavy atom. The molecule has 2 rings (SSSR count). The van der Waals surface area contributed by atoms with E-state index in [1.165, 1.54) is 18.3 Å². The van der Waals surface area contributed by atoms with Gasteiger partial charge in [0.1, 0.15) is 11.4 Å². The van der Waals surface area contributed by atoms with Crippen molar-refractivity contribution in [3.63, 3.8) is 0 Å². The number of nitrogen functional groups attached to an aromatic ring is 2. The van der Waals surface area contributed by atoms with Crippen LogP contribution in [0.15, 0.2) is 34.6 Å². The molecular weight excluding hydrogens is 258 g/mol. The second-order valence-electron chi connectivity index (χ2n) is 3.44. The number of hydrogen-bond donors (Lipinski definition) is 3. The Kier molecular flexibility index (Phi) is 3.55. The number of nitrogens with one attached hydrogen (secondary N) is 1. The first-order chi connectivity index (χ1) is 9.08. The van der Waals surface area contributed by atoms with E-state index < -0.39 is 6.61 Å². The van der Waals surface area contributed by atoms with Crippen LogP contribution in [0.2, 0.25) is 0 Å². The summed E-state index contributed by atoms with van der Waals surface area (Å²) in [5.74, 6) is 0.0525. The predicted octanol–water partition coefficient (Wildman–Crippen LogP) is 2.59. The molecule has 1 aromatic heterocycles. The molecule has 1 heterocycles. The van der Waals surface area contributed by atoms with Crippen LogP contribution >= 0.6 is 0 Å². The summed E-state index contributed by atoms with van der Waals surface area (Å²) in [7, 11) is 0. The number of H-pyrrole nitrogens is 1. The molecule has 1 aromatic carbocycles. The van der Waals surface area contributed by atoms with E-state index in [1.807, 2.05) is 0 Å². The topological polar surface area (TPSA) is 115 Å². The number of benzene rings is 1. The van der Waals surface area contributed by atoms with Gasteiger partial charge in [0.25, 0.3) is 0 Å². The highest BCUT2D eigenvalue weighted by molar-refractivity contribution is 5.78. The number of nitrogens with two attached hydrogens (primary N) is 2. The SMILES string of the molecule is Nc1ccc(N=Nc2ccn[nH]2)c(OC(F)F)c1N. The fraction of sp³-hybridized carbons (Fsp3) is 0.100. The summed E-state index contributed by atoms with van der Waals surface area (Å²) in [5.41, 5.74) is 11.1. The maximum absolute atomic E-state index is 12.3. The molecular formula is C10H10F2N6O. The van der Waals surface area contributed by atoms with Crippen LogP contribution in [-0.2, 0) is 0 Å². The summed E-state index contributed by atoms with van der Waals surface area (Å²) in [6.07, 6.45) is 1.47. The van der Waals surface area contributed by atoms with Gasteiger partial charge in [0.05, 0.1) is 11.9 Å². The number of ether oxygens (including phenoxy) is 1. The Hall–Kier alpha value is -2.71. The van der Waals surface area contributed by atoms with Gasteiger partial charge in [-0.3, -0.25) is 5.10 Å². The molecule has 0 radical (unpaired) electrons. The molecule has 0 bridgehead atoms. The molecule has 0 aliphatic heterocycles. The number of aromatic amines is 1. The molecule has 0 fully saturated rings. The van der Waals surface area contributed by atoms with Crippen molar-refractivity contribution in [3.8, 4) is 5.75 Å². The third-order valence-corrected chi connectivity index (χ3v) is 2.17. The molecule has 100 valence electrons. The number of azo groups is 1. The molecule has 19 heavy (non-hydrogen) atoms. The van der Waals surface area contributed by atoms with Gasteiger partial charge in [-0.15, -0.1) is 10.2 Å². The average molecular weight is 268 g/mol. The molecule has 0 unspecified atom stereocenters. The van der Waals surface area contributed by atoms with Crippen molar-refractivity contribution < 1.29 is 13.5 Å². The standard InChI is InChI=1S/C10H10F2N6O/c11-10(12)19-9-6(2-1-5(13)8(9)14)16-18-7-3-4-15-17-7/h1-4,10H,13-14H2,(H,15,17). The van der Waals surface area contributed by atoms with Crippen molar-refractivity contribution in [3.05, 3.63) is 24.4 Å². The van der Waals surface area contributed by atoms with Crippen LogP contribution in [0.4, 0.5) is 31.7 Å². The Morgan fingerprint density at radius 2 is 2.00 bits per heavy atom. The molecule has 0 atom stereocenters. The second-order valence-corrected chi connectivity index (χ2v) is 3.44. The van der Waals surface area contributed by atoms with E-state index in [-0.39, 0.29) is 22.8 Å². The first kappa shape index (κ1) is 12.7. The Balaban J connectivity index is 2.36. The minimum Gasteiger partial charge on any atom is -0.430 e. The van der Waals surface area contributed by atoms with Gasteiger partial charge in [-0.25, -0.2) is 0 Å². The van der Waals surface area contributed by atoms with E-state index in [1.54, 1.807) is 6.07 Å². The molecule has 7 nitrogen and oxygen atoms in total. The van der Waals surface area contributed by atoms with Crippen LogP contribution in [0.3, 0.4) is 0 Å². The summed E-state index contributed by atoms with van der Waals surface area (Å²) in [4.78, 5) is 0. The lowest BCUT2D eigenvalue weighted by atomic mass is 10.2. The first-order valence-electron chi connectivity index (χ1n) is 5.12. The highest BCUT2D eigenvalue weighted by Crippen LogP contribution is 2.39. The summed E-state index contributed by atoms with van der Waals surface area (Å²) < 4.78 is 28.9. The lowest BCUT2D eigenvalue weighted by Crippen LogP contribution is -2.06. The number of nitrogens with zero attached hydrogens (tertiary/aromatic N) is 3. The first-order valence-corrected chi connectivity index (χ1v) is 5.12. The number of hydrogen-bond acceptors (Lipinski definition) is 6. The van der Waals surface area contributed by atoms with Crippen molar-refractivity contribution in [1.29, 1.82) is 0 Å². The summed E-state index contributed by atoms with van der Waals surface area (Å²) in [6, 6.07) is 4.36. The molecule has 9 heteroatoms. The van der Waals surface area contributed by atoms with Crippen LogP contribution in [0.25, 0.3) is 0 Å². The van der Waals surface area contributed by atoms with Crippen LogP contribution in [0.5, 0.6) is 5.75 Å². The van der Waals surface area contributed by atoms with Gasteiger partial charge in [-0.1, -0.05) is 0 Å². The maximum Gasteiger partial charge on any atom is 0.387 e. The zero-order valence-corrected chi connectivity index (χ0v) is 9.55. The maximum atomic E-state index is 12.3. The van der Waals surface area contributed by atoms with Crippen molar-refractivity contribution in [2.24, 2.45) is 10.2 Å². The average Bonchev–Trinajstić information content (AvgIpc) is 2.87. The number of alkyl halides is 2. The number of aromatic nitrogens is 2. The van der Waals surface area contributed by atoms with Gasteiger partial charge in [0.15, 0.2) is 11.6 Å². The molecule has 0 aliphatic carbocycles. The Bertz CT molecular complexity index is 584. The largest absolute Gasteiger partial charge is 0.430 e. The predicted molar refractivity (Wildman–Crippen MR) is 64.7 cm³/mol. The van der Waals surface area contributed by atoms with E-state index in [0.29, 0.717) is 5.82 Å². The van der Waals surface area contributed by atoms with Crippen molar-refractivity contribution in [1.82, 2.24) is 10.2 Å². The van der Waals surface area contributed by atoms with Gasteiger partial charge in [-0.05, 0) is 12.1 Å². The summed E-state index contributed by atoms with van der Waals surface area (Å²) in [5, 5.41) is 13.7. The molecule has 0 amide bonds. The van der Waals surface area contributed by atoms with E-state index in [9.17, 15) is 8.78 Å². The normalized spacial score (nSPS) is 11.3. The Labute approximate surface area is 106 Å². The highest BCUT2D eigenvalue weighted by atomic mass is 19.3. The number of rotatable bonds is 4. The molecule has 0 saturated heterocycles. The fourth-order valence-corrected chi connectivity index (χ4v) is 1.31. The van der Waals surface area contributed by atoms with Gasteiger partial charge < -0.3 is 16.2 Å². The fourth-order valence-electron chi connectivity index (χ4n) is 1.31. The van der Waals surface area contributed by atoms with Crippen molar-refractivity contribution in [2.75, 3.05) is 11.5 Å². The van der Waals surface area contributed by atoms with Crippen LogP contribution in [0.1, 0.15) is 0 Å². The van der Waals surface area contributed by atoms with Crippen molar-refractivity contribution in [2.45, 2.75) is 6.61 Å². The lowest BCUT2D eigenvalue weighted by molar-refractivity contribution is -0.0489. The van der Waals surface area contributed by atoms with Gasteiger partial charge in [0, 0.05) is 6.07 Å². The van der Waals surface area contributed by atoms with E-state index in [0.717, 1.165) is 0 Å². The van der Waals surface area contributed by atoms with Gasteiger partial charge in [0.2, 0.25) is 0 Å². The lowest BCUT2D eigenvalue weighted by Gasteiger charge is -2.11. The quantitative estimate of drug-likeness (QED) is 0.583. The minimum absolute atomic E-state index is 0.0431. The molecule has 0 saturated carbocycles. The molecule has 0 spiro atoms. The third-order valence-electron chi connectivity index (χ3n) is 2.17. The minimum atomic E-state index is -3.04. The highest BCUT2D eigenvalue weighted by Gasteiger charge is 2.15. The molecule has 5 N–H and O–H groups in total. The van der Waals surface area contributed by atoms with Crippen molar-refractivity contribution >= 4 is 22.9 Å². The Morgan fingerprint density at radius 3 is 2.63 bits per heavy atom. The van der Waals surface area contributed by atoms with Gasteiger partial charge in [-0.2, -0.15) is 13.9 Å². The summed E-state index contributed by atoms with van der Waals surface area (Å²) in [6.45, 7) is -3.04. The second kappa shape index (κ2) is 5.29. The molecule has 0 aliphatic rings.